The summed E-state index contributed by atoms with van der Waals surface area (Å²) in [5, 5.41) is 45.2. The molecule has 0 aliphatic rings. The van der Waals surface area contributed by atoms with Crippen molar-refractivity contribution in [1.29, 1.82) is 5.26 Å². The van der Waals surface area contributed by atoms with Gasteiger partial charge in [0.05, 0.1) is 91.4 Å². The van der Waals surface area contributed by atoms with Gasteiger partial charge in [0, 0.05) is 163 Å². The van der Waals surface area contributed by atoms with E-state index in [1.165, 1.54) is 24.8 Å². The average molecular weight is 1830 g/mol. The van der Waals surface area contributed by atoms with Gasteiger partial charge >= 0.3 is 0 Å². The van der Waals surface area contributed by atoms with Gasteiger partial charge in [-0.25, -0.2) is 39.3 Å². The molecule has 0 fully saturated rings. The maximum Gasteiger partial charge on any atom is 0.274 e. The van der Waals surface area contributed by atoms with Crippen LogP contribution in [-0.2, 0) is 35.2 Å². The number of nitrogens with one attached hydrogen (secondary N) is 5. The Morgan fingerprint density at radius 1 is 0.301 bits per heavy atom. The summed E-state index contributed by atoms with van der Waals surface area (Å²) in [7, 11) is 8.91. The molecular formula is C95H73BrFN31O5. The standard InChI is InChI=1S/C21H15N7O.C20H15FN6O.C20H16N6O.C19H15N7O.C15H12BrN5O/c1-28-13-19(20(27-28)17-5-2-3-8-24-17)26-21(29)18-7-4-6-16(25-18)15-9-14(10-22)11-23-12-15;1-27-12-18(19(26-27)16-5-2-3-8-23-16)25-20(28)17-7-4-6-15(24-17)13-9-14(21)11-22-10-13;1-26-13-18(19(25-26)16-7-2-3-11-22-16)24-20(27)17-9-4-8-15(23-17)14-6-5-10-21-12-14;1-26-11-17(18(25-26)15-5-2-3-8-22-15)24-19(27)16-7-4-6-14(23-16)13-9-20-12-21-10-13;1-21-9-12(14(20-21)10-5-2-3-8-17-10)19-15(22)11-6-4-7-13(16)18-11/h2-9,11-13H,1H3,(H,26,29);2-12H,1H3,(H,25,28);2-13H,1H3,(H,24,27);2-12H,1H3,(H,24,27);2-9H,1H3,(H,19,22). The SMILES string of the molecule is Cn1cc(NC(=O)c2cccc(-c3cccnc3)n2)c(-c2ccccn2)n1.Cn1cc(NC(=O)c2cccc(-c3cncc(C#N)c3)n2)c(-c2ccccn2)n1.Cn1cc(NC(=O)c2cccc(-c3cncc(F)c3)n2)c(-c2ccccn2)n1.Cn1cc(NC(=O)c2cccc(-c3cncnc3)n2)c(-c2ccccn2)n1.Cn1cc(NC(=O)c2cccc(Br)n2)c(-c2ccccn2)n1. The number of hydrogen-bond donors (Lipinski definition) is 5. The molecule has 19 aromatic heterocycles. The topological polar surface area (TPSA) is 452 Å². The first-order chi connectivity index (χ1) is 64.8. The second-order valence-electron chi connectivity index (χ2n) is 28.5. The summed E-state index contributed by atoms with van der Waals surface area (Å²) in [6.45, 7) is 0. The van der Waals surface area contributed by atoms with E-state index in [1.54, 1.807) is 249 Å². The largest absolute Gasteiger partial charge is 0.317 e. The van der Waals surface area contributed by atoms with Gasteiger partial charge in [-0.3, -0.25) is 87.3 Å². The van der Waals surface area contributed by atoms with E-state index in [2.05, 4.69) is 143 Å². The summed E-state index contributed by atoms with van der Waals surface area (Å²) in [6, 6.07) is 62.2. The second-order valence-corrected chi connectivity index (χ2v) is 29.3. The first-order valence-corrected chi connectivity index (χ1v) is 41.0. The summed E-state index contributed by atoms with van der Waals surface area (Å²) in [6.07, 6.45) is 30.8. The zero-order chi connectivity index (χ0) is 92.5. The number of carbonyl (C=O) groups excluding carboxylic acids is 5. The molecule has 0 aromatic carbocycles. The van der Waals surface area contributed by atoms with Crippen LogP contribution in [0.15, 0.2) is 329 Å². The van der Waals surface area contributed by atoms with E-state index in [0.29, 0.717) is 141 Å². The van der Waals surface area contributed by atoms with Crippen molar-refractivity contribution in [3.05, 3.63) is 369 Å². The lowest BCUT2D eigenvalue weighted by Gasteiger charge is -2.07. The van der Waals surface area contributed by atoms with Gasteiger partial charge in [-0.1, -0.05) is 60.7 Å². The molecule has 0 saturated heterocycles. The minimum Gasteiger partial charge on any atom is -0.317 e. The van der Waals surface area contributed by atoms with Gasteiger partial charge in [0.2, 0.25) is 0 Å². The van der Waals surface area contributed by atoms with Gasteiger partial charge in [0.15, 0.2) is 0 Å². The number of rotatable bonds is 19. The van der Waals surface area contributed by atoms with E-state index < -0.39 is 11.7 Å². The van der Waals surface area contributed by atoms with Crippen LogP contribution in [0.2, 0.25) is 0 Å². The number of carbonyl (C=O) groups is 5. The highest BCUT2D eigenvalue weighted by atomic mass is 79.9. The maximum absolute atomic E-state index is 13.4. The van der Waals surface area contributed by atoms with Crippen molar-refractivity contribution >= 4 is 73.9 Å². The molecule has 19 rings (SSSR count). The summed E-state index contributed by atoms with van der Waals surface area (Å²) in [4.78, 5) is 126. The maximum atomic E-state index is 13.4. The summed E-state index contributed by atoms with van der Waals surface area (Å²) in [5.41, 5.74) is 15.9. The second kappa shape index (κ2) is 42.5. The van der Waals surface area contributed by atoms with Crippen LogP contribution < -0.4 is 26.6 Å². The summed E-state index contributed by atoms with van der Waals surface area (Å²) >= 11 is 3.25. The first kappa shape index (κ1) is 89.2. The number of amides is 5. The third-order valence-corrected chi connectivity index (χ3v) is 19.2. The molecule has 5 N–H and O–H groups in total. The van der Waals surface area contributed by atoms with Crippen LogP contribution in [0.1, 0.15) is 58.0 Å². The fraction of sp³-hybridized carbons (Fsp3) is 0.0526. The predicted molar refractivity (Wildman–Crippen MR) is 496 cm³/mol. The van der Waals surface area contributed by atoms with Gasteiger partial charge in [-0.15, -0.1) is 0 Å². The summed E-state index contributed by atoms with van der Waals surface area (Å²) in [5.74, 6) is -2.20. The number of aromatic nitrogens is 25. The molecule has 0 radical (unpaired) electrons. The molecule has 0 unspecified atom stereocenters. The van der Waals surface area contributed by atoms with Gasteiger partial charge < -0.3 is 26.6 Å². The molecule has 19 aromatic rings. The number of nitriles is 1. The Bertz CT molecular complexity index is 7180. The normalized spacial score (nSPS) is 10.5. The van der Waals surface area contributed by atoms with Crippen molar-refractivity contribution < 1.29 is 28.4 Å². The van der Waals surface area contributed by atoms with Crippen LogP contribution in [0.25, 0.3) is 102 Å². The Labute approximate surface area is 765 Å². The number of pyridine rings is 13. The van der Waals surface area contributed by atoms with Gasteiger partial charge in [-0.2, -0.15) is 30.8 Å². The smallest absolute Gasteiger partial charge is 0.274 e. The lowest BCUT2D eigenvalue weighted by atomic mass is 10.1. The van der Waals surface area contributed by atoms with Crippen LogP contribution in [0.5, 0.6) is 0 Å². The zero-order valence-electron chi connectivity index (χ0n) is 71.0. The van der Waals surface area contributed by atoms with Crippen LogP contribution in [0.3, 0.4) is 0 Å². The van der Waals surface area contributed by atoms with Crippen molar-refractivity contribution in [3.8, 4) is 108 Å². The molecule has 0 aliphatic heterocycles. The lowest BCUT2D eigenvalue weighted by Crippen LogP contribution is -2.14. The van der Waals surface area contributed by atoms with Gasteiger partial charge in [-0.05, 0) is 162 Å². The van der Waals surface area contributed by atoms with E-state index in [9.17, 15) is 28.4 Å². The highest BCUT2D eigenvalue weighted by molar-refractivity contribution is 9.10. The fourth-order valence-electron chi connectivity index (χ4n) is 12.9. The van der Waals surface area contributed by atoms with Gasteiger partial charge in [0.1, 0.15) is 79.8 Å². The molecule has 19 heterocycles. The quantitative estimate of drug-likeness (QED) is 0.0469. The van der Waals surface area contributed by atoms with Gasteiger partial charge in [0.25, 0.3) is 29.5 Å². The molecule has 5 amide bonds. The average Bonchev–Trinajstić information content (AvgIpc) is 1.50. The summed E-state index contributed by atoms with van der Waals surface area (Å²) < 4.78 is 22.1. The number of aryl methyl sites for hydroxylation is 5. The van der Waals surface area contributed by atoms with Crippen molar-refractivity contribution in [3.63, 3.8) is 0 Å². The van der Waals surface area contributed by atoms with Crippen molar-refractivity contribution in [2.75, 3.05) is 26.6 Å². The van der Waals surface area contributed by atoms with E-state index in [0.717, 1.165) is 17.3 Å². The van der Waals surface area contributed by atoms with E-state index in [1.807, 2.05) is 109 Å². The first-order valence-electron chi connectivity index (χ1n) is 40.2. The predicted octanol–water partition coefficient (Wildman–Crippen LogP) is 15.1. The number of nitrogens with zero attached hydrogens (tertiary/aromatic N) is 26. The highest BCUT2D eigenvalue weighted by Gasteiger charge is 2.24. The van der Waals surface area contributed by atoms with E-state index in [-0.39, 0.29) is 40.7 Å². The van der Waals surface area contributed by atoms with Crippen molar-refractivity contribution in [2.24, 2.45) is 35.2 Å². The molecule has 38 heteroatoms. The molecule has 0 aliphatic carbocycles. The Balaban J connectivity index is 0.000000127. The van der Waals surface area contributed by atoms with Crippen LogP contribution in [0, 0.1) is 17.1 Å². The number of anilines is 5. The lowest BCUT2D eigenvalue weighted by molar-refractivity contribution is 0.101. The Morgan fingerprint density at radius 3 is 0.902 bits per heavy atom. The minimum absolute atomic E-state index is 0.192. The minimum atomic E-state index is -0.468. The molecular weight excluding hydrogens is 1750 g/mol. The molecule has 0 atom stereocenters. The monoisotopic (exact) mass is 1830 g/mol. The molecule has 0 spiro atoms. The Kier molecular flexibility index (Phi) is 28.5. The van der Waals surface area contributed by atoms with Crippen LogP contribution in [0.4, 0.5) is 32.8 Å². The van der Waals surface area contributed by atoms with Crippen molar-refractivity contribution in [2.45, 2.75) is 0 Å². The molecule has 652 valence electrons. The number of halogens is 2. The van der Waals surface area contributed by atoms with E-state index >= 15 is 0 Å². The zero-order valence-corrected chi connectivity index (χ0v) is 72.6. The number of hydrogen-bond acceptors (Lipinski definition) is 26. The van der Waals surface area contributed by atoms with Crippen LogP contribution in [-0.4, -0.2) is 153 Å². The fourth-order valence-corrected chi connectivity index (χ4v) is 13.2. The third-order valence-electron chi connectivity index (χ3n) is 18.8. The van der Waals surface area contributed by atoms with Crippen molar-refractivity contribution in [1.82, 2.24) is 124 Å². The van der Waals surface area contributed by atoms with Crippen LogP contribution >= 0.6 is 15.9 Å². The Morgan fingerprint density at radius 2 is 0.594 bits per heavy atom. The highest BCUT2D eigenvalue weighted by Crippen LogP contribution is 2.32. The van der Waals surface area contributed by atoms with E-state index in [4.69, 9.17) is 5.26 Å². The Hall–Kier alpha value is -18.7. The molecule has 133 heavy (non-hydrogen) atoms. The molecule has 0 bridgehead atoms. The third kappa shape index (κ3) is 23.3. The molecule has 36 nitrogen and oxygen atoms in total. The molecule has 0 saturated carbocycles.